The summed E-state index contributed by atoms with van der Waals surface area (Å²) in [4.78, 5) is 0. The van der Waals surface area contributed by atoms with Crippen molar-refractivity contribution in [1.29, 1.82) is 0 Å². The number of nitrogens with one attached hydrogen (secondary N) is 1. The molecule has 0 saturated heterocycles. The van der Waals surface area contributed by atoms with Gasteiger partial charge in [-0.1, -0.05) is 12.1 Å². The van der Waals surface area contributed by atoms with Gasteiger partial charge in [-0.2, -0.15) is 0 Å². The fourth-order valence-electron chi connectivity index (χ4n) is 1.98. The molecular weight excluding hydrogens is 239 g/mol. The Bertz CT molecular complexity index is 562. The van der Waals surface area contributed by atoms with Crippen molar-refractivity contribution in [3.8, 4) is 0 Å². The number of rotatable bonds is 4. The quantitative estimate of drug-likeness (QED) is 0.821. The van der Waals surface area contributed by atoms with Gasteiger partial charge in [0.15, 0.2) is 0 Å². The van der Waals surface area contributed by atoms with Crippen LogP contribution in [-0.4, -0.2) is 6.54 Å². The SMILES string of the molecule is Cc1cc(N)c(NCCc2ccc(F)cc2)cc1C. The number of benzene rings is 2. The molecular formula is C16H19FN2. The lowest BCUT2D eigenvalue weighted by Gasteiger charge is -2.12. The normalized spacial score (nSPS) is 10.5. The second-order valence-electron chi connectivity index (χ2n) is 4.83. The van der Waals surface area contributed by atoms with Crippen molar-refractivity contribution in [2.75, 3.05) is 17.6 Å². The van der Waals surface area contributed by atoms with Gasteiger partial charge < -0.3 is 11.1 Å². The van der Waals surface area contributed by atoms with Gasteiger partial charge in [-0.25, -0.2) is 4.39 Å². The minimum absolute atomic E-state index is 0.199. The van der Waals surface area contributed by atoms with Gasteiger partial charge in [-0.15, -0.1) is 0 Å². The van der Waals surface area contributed by atoms with E-state index in [4.69, 9.17) is 5.73 Å². The van der Waals surface area contributed by atoms with Crippen LogP contribution in [0.1, 0.15) is 16.7 Å². The van der Waals surface area contributed by atoms with Crippen LogP contribution in [0.15, 0.2) is 36.4 Å². The molecule has 19 heavy (non-hydrogen) atoms. The summed E-state index contributed by atoms with van der Waals surface area (Å²) in [7, 11) is 0. The summed E-state index contributed by atoms with van der Waals surface area (Å²) in [6.07, 6.45) is 0.840. The van der Waals surface area contributed by atoms with Crippen molar-refractivity contribution in [1.82, 2.24) is 0 Å². The van der Waals surface area contributed by atoms with Gasteiger partial charge in [-0.3, -0.25) is 0 Å². The maximum Gasteiger partial charge on any atom is 0.123 e. The summed E-state index contributed by atoms with van der Waals surface area (Å²) in [6.45, 7) is 4.90. The number of hydrogen-bond acceptors (Lipinski definition) is 2. The highest BCUT2D eigenvalue weighted by Crippen LogP contribution is 2.22. The third-order valence-corrected chi connectivity index (χ3v) is 3.31. The molecule has 3 heteroatoms. The van der Waals surface area contributed by atoms with Crippen molar-refractivity contribution in [2.45, 2.75) is 20.3 Å². The topological polar surface area (TPSA) is 38.0 Å². The highest BCUT2D eigenvalue weighted by Gasteiger charge is 2.02. The zero-order valence-corrected chi connectivity index (χ0v) is 11.3. The van der Waals surface area contributed by atoms with E-state index in [1.807, 2.05) is 13.0 Å². The number of anilines is 2. The molecule has 0 aromatic heterocycles. The van der Waals surface area contributed by atoms with E-state index in [0.717, 1.165) is 29.9 Å². The minimum atomic E-state index is -0.199. The third-order valence-electron chi connectivity index (χ3n) is 3.31. The summed E-state index contributed by atoms with van der Waals surface area (Å²) in [5, 5.41) is 3.33. The van der Waals surface area contributed by atoms with Crippen LogP contribution in [0.4, 0.5) is 15.8 Å². The molecule has 0 spiro atoms. The van der Waals surface area contributed by atoms with Crippen LogP contribution in [0.3, 0.4) is 0 Å². The molecule has 0 fully saturated rings. The van der Waals surface area contributed by atoms with Gasteiger partial charge >= 0.3 is 0 Å². The Morgan fingerprint density at radius 2 is 1.68 bits per heavy atom. The van der Waals surface area contributed by atoms with E-state index in [9.17, 15) is 4.39 Å². The molecule has 0 aliphatic carbocycles. The highest BCUT2D eigenvalue weighted by molar-refractivity contribution is 5.68. The van der Waals surface area contributed by atoms with Crippen LogP contribution in [0.2, 0.25) is 0 Å². The van der Waals surface area contributed by atoms with Gasteiger partial charge in [0.25, 0.3) is 0 Å². The molecule has 0 unspecified atom stereocenters. The number of halogens is 1. The summed E-state index contributed by atoms with van der Waals surface area (Å²) in [5.74, 6) is -0.199. The average Bonchev–Trinajstić information content (AvgIpc) is 2.38. The molecule has 0 radical (unpaired) electrons. The average molecular weight is 258 g/mol. The van der Waals surface area contributed by atoms with E-state index in [1.54, 1.807) is 12.1 Å². The lowest BCUT2D eigenvalue weighted by molar-refractivity contribution is 0.627. The Balaban J connectivity index is 1.96. The molecule has 0 bridgehead atoms. The maximum absolute atomic E-state index is 12.8. The molecule has 3 N–H and O–H groups in total. The molecule has 0 amide bonds. The largest absolute Gasteiger partial charge is 0.397 e. The van der Waals surface area contributed by atoms with Crippen LogP contribution in [-0.2, 0) is 6.42 Å². The smallest absolute Gasteiger partial charge is 0.123 e. The Morgan fingerprint density at radius 1 is 1.05 bits per heavy atom. The first-order chi connectivity index (χ1) is 9.06. The number of hydrogen-bond donors (Lipinski definition) is 2. The zero-order chi connectivity index (χ0) is 13.8. The van der Waals surface area contributed by atoms with E-state index < -0.39 is 0 Å². The van der Waals surface area contributed by atoms with Crippen LogP contribution in [0.25, 0.3) is 0 Å². The number of aryl methyl sites for hydroxylation is 2. The van der Waals surface area contributed by atoms with Crippen molar-refractivity contribution >= 4 is 11.4 Å². The predicted molar refractivity (Wildman–Crippen MR) is 78.9 cm³/mol. The van der Waals surface area contributed by atoms with Crippen molar-refractivity contribution in [3.05, 3.63) is 58.9 Å². The first-order valence-electron chi connectivity index (χ1n) is 6.41. The molecule has 0 heterocycles. The van der Waals surface area contributed by atoms with Crippen LogP contribution in [0.5, 0.6) is 0 Å². The second-order valence-corrected chi connectivity index (χ2v) is 4.83. The van der Waals surface area contributed by atoms with Crippen molar-refractivity contribution < 1.29 is 4.39 Å². The van der Waals surface area contributed by atoms with Gasteiger partial charge in [0.05, 0.1) is 11.4 Å². The summed E-state index contributed by atoms with van der Waals surface area (Å²) in [5.41, 5.74) is 11.2. The van der Waals surface area contributed by atoms with E-state index in [2.05, 4.69) is 18.3 Å². The fourth-order valence-corrected chi connectivity index (χ4v) is 1.98. The van der Waals surface area contributed by atoms with E-state index in [-0.39, 0.29) is 5.82 Å². The van der Waals surface area contributed by atoms with Crippen LogP contribution in [0, 0.1) is 19.7 Å². The molecule has 100 valence electrons. The fraction of sp³-hybridized carbons (Fsp3) is 0.250. The molecule has 2 nitrogen and oxygen atoms in total. The van der Waals surface area contributed by atoms with Crippen LogP contribution < -0.4 is 11.1 Å². The van der Waals surface area contributed by atoms with Crippen molar-refractivity contribution in [2.24, 2.45) is 0 Å². The lowest BCUT2D eigenvalue weighted by Crippen LogP contribution is -2.07. The molecule has 0 atom stereocenters. The molecule has 2 aromatic carbocycles. The van der Waals surface area contributed by atoms with Crippen molar-refractivity contribution in [3.63, 3.8) is 0 Å². The minimum Gasteiger partial charge on any atom is -0.397 e. The third kappa shape index (κ3) is 3.47. The van der Waals surface area contributed by atoms with Crippen LogP contribution >= 0.6 is 0 Å². The van der Waals surface area contributed by atoms with Gasteiger partial charge in [0.2, 0.25) is 0 Å². The first kappa shape index (κ1) is 13.4. The Labute approximate surface area is 113 Å². The van der Waals surface area contributed by atoms with E-state index >= 15 is 0 Å². The highest BCUT2D eigenvalue weighted by atomic mass is 19.1. The standard InChI is InChI=1S/C16H19FN2/c1-11-9-15(18)16(10-12(11)2)19-8-7-13-3-5-14(17)6-4-13/h3-6,9-10,19H,7-8,18H2,1-2H3. The maximum atomic E-state index is 12.8. The molecule has 0 aliphatic rings. The molecule has 2 rings (SSSR count). The second kappa shape index (κ2) is 5.74. The molecule has 0 aliphatic heterocycles. The summed E-state index contributed by atoms with van der Waals surface area (Å²) < 4.78 is 12.8. The molecule has 0 saturated carbocycles. The van der Waals surface area contributed by atoms with E-state index in [1.165, 1.54) is 23.3 Å². The predicted octanol–water partition coefficient (Wildman–Crippen LogP) is 3.68. The Morgan fingerprint density at radius 3 is 2.37 bits per heavy atom. The monoisotopic (exact) mass is 258 g/mol. The summed E-state index contributed by atoms with van der Waals surface area (Å²) >= 11 is 0. The zero-order valence-electron chi connectivity index (χ0n) is 11.3. The number of nitrogen functional groups attached to an aromatic ring is 1. The first-order valence-corrected chi connectivity index (χ1v) is 6.41. The molecule has 2 aromatic rings. The van der Waals surface area contributed by atoms with E-state index in [0.29, 0.717) is 0 Å². The van der Waals surface area contributed by atoms with Gasteiger partial charge in [0.1, 0.15) is 5.82 Å². The number of nitrogens with two attached hydrogens (primary N) is 1. The Hall–Kier alpha value is -2.03. The lowest BCUT2D eigenvalue weighted by atomic mass is 10.1. The Kier molecular flexibility index (Phi) is 4.05. The van der Waals surface area contributed by atoms with Gasteiger partial charge in [-0.05, 0) is 61.2 Å². The van der Waals surface area contributed by atoms with Gasteiger partial charge in [0, 0.05) is 6.54 Å². The summed E-state index contributed by atoms with van der Waals surface area (Å²) in [6, 6.07) is 10.6.